The molecule has 0 aliphatic carbocycles. The monoisotopic (exact) mass is 541 g/mol. The van der Waals surface area contributed by atoms with E-state index in [1.807, 2.05) is 87.5 Å². The molecule has 0 saturated heterocycles. The van der Waals surface area contributed by atoms with E-state index in [-0.39, 0.29) is 12.5 Å². The van der Waals surface area contributed by atoms with E-state index in [1.165, 1.54) is 11.0 Å². The second kappa shape index (κ2) is 12.5. The minimum absolute atomic E-state index is 0.149. The van der Waals surface area contributed by atoms with Crippen LogP contribution in [0, 0.1) is 0 Å². The van der Waals surface area contributed by atoms with Gasteiger partial charge in [-0.3, -0.25) is 4.79 Å². The van der Waals surface area contributed by atoms with Gasteiger partial charge in [0.05, 0.1) is 25.4 Å². The molecule has 0 spiro atoms. The zero-order valence-corrected chi connectivity index (χ0v) is 23.2. The third kappa shape index (κ3) is 7.25. The van der Waals surface area contributed by atoms with Crippen LogP contribution in [0.2, 0.25) is 0 Å². The summed E-state index contributed by atoms with van der Waals surface area (Å²) in [5.41, 5.74) is 2.75. The second-order valence-electron chi connectivity index (χ2n) is 10.6. The Morgan fingerprint density at radius 1 is 1.05 bits per heavy atom. The molecule has 0 fully saturated rings. The highest BCUT2D eigenvalue weighted by atomic mass is 16.5. The molecule has 0 unspecified atom stereocenters. The maximum atomic E-state index is 13.1. The van der Waals surface area contributed by atoms with Crippen LogP contribution in [-0.2, 0) is 17.8 Å². The van der Waals surface area contributed by atoms with E-state index >= 15 is 0 Å². The Balaban J connectivity index is 1.54. The smallest absolute Gasteiger partial charge is 0.407 e. The number of methoxy groups -OCH3 is 1. The Bertz CT molecular complexity index is 1470. The van der Waals surface area contributed by atoms with Crippen molar-refractivity contribution < 1.29 is 19.4 Å². The molecule has 0 aliphatic heterocycles. The number of benzene rings is 2. The van der Waals surface area contributed by atoms with Gasteiger partial charge in [-0.2, -0.15) is 5.10 Å². The Morgan fingerprint density at radius 2 is 1.77 bits per heavy atom. The Labute approximate surface area is 234 Å². The highest BCUT2D eigenvalue weighted by molar-refractivity contribution is 5.94. The first-order valence-corrected chi connectivity index (χ1v) is 13.1. The van der Waals surface area contributed by atoms with Crippen molar-refractivity contribution in [1.29, 1.82) is 0 Å². The van der Waals surface area contributed by atoms with Gasteiger partial charge in [-0.05, 0) is 68.7 Å². The van der Waals surface area contributed by atoms with Gasteiger partial charge >= 0.3 is 6.09 Å². The van der Waals surface area contributed by atoms with Gasteiger partial charge in [0.25, 0.3) is 0 Å². The van der Waals surface area contributed by atoms with Crippen molar-refractivity contribution in [1.82, 2.24) is 25.0 Å². The Kier molecular flexibility index (Phi) is 8.83. The van der Waals surface area contributed by atoms with Crippen molar-refractivity contribution >= 4 is 29.1 Å². The molecule has 0 saturated carbocycles. The van der Waals surface area contributed by atoms with Crippen molar-refractivity contribution in [3.63, 3.8) is 0 Å². The average Bonchev–Trinajstić information content (AvgIpc) is 3.28. The number of fused-ring (bicyclic) bond motifs is 1. The van der Waals surface area contributed by atoms with Crippen LogP contribution in [0.15, 0.2) is 79.0 Å². The number of carbonyl (C=O) groups excluding carboxylic acids is 1. The zero-order valence-electron chi connectivity index (χ0n) is 23.2. The summed E-state index contributed by atoms with van der Waals surface area (Å²) >= 11 is 0. The number of carboxylic acid groups (broad SMARTS) is 1. The fourth-order valence-electron chi connectivity index (χ4n) is 4.49. The summed E-state index contributed by atoms with van der Waals surface area (Å²) in [6.45, 7) is 6.17. The quantitative estimate of drug-likeness (QED) is 0.273. The fraction of sp³-hybridized carbons (Fsp3) is 0.290. The minimum atomic E-state index is -1.03. The number of nitrogens with one attached hydrogen (secondary N) is 1. The summed E-state index contributed by atoms with van der Waals surface area (Å²) in [5, 5.41) is 18.4. The second-order valence-corrected chi connectivity index (χ2v) is 10.6. The lowest BCUT2D eigenvalue weighted by Gasteiger charge is -2.36. The van der Waals surface area contributed by atoms with Crippen LogP contribution in [0.25, 0.3) is 17.1 Å². The maximum Gasteiger partial charge on any atom is 0.407 e. The Morgan fingerprint density at radius 3 is 2.42 bits per heavy atom. The summed E-state index contributed by atoms with van der Waals surface area (Å²) in [5.74, 6) is 0.448. The average molecular weight is 542 g/mol. The molecular weight excluding hydrogens is 506 g/mol. The number of ether oxygens (including phenoxy) is 1. The van der Waals surface area contributed by atoms with Gasteiger partial charge in [0.1, 0.15) is 5.75 Å². The van der Waals surface area contributed by atoms with E-state index in [2.05, 4.69) is 10.3 Å². The topological polar surface area (TPSA) is 110 Å². The van der Waals surface area contributed by atoms with E-state index in [9.17, 15) is 14.7 Å². The number of carbonyl (C=O) groups is 2. The molecule has 40 heavy (non-hydrogen) atoms. The molecule has 2 heterocycles. The van der Waals surface area contributed by atoms with Crippen molar-refractivity contribution in [2.45, 2.75) is 45.3 Å². The minimum Gasteiger partial charge on any atom is -0.497 e. The van der Waals surface area contributed by atoms with Gasteiger partial charge in [0.2, 0.25) is 5.91 Å². The maximum absolute atomic E-state index is 13.1. The van der Waals surface area contributed by atoms with Gasteiger partial charge in [-0.15, -0.1) is 0 Å². The van der Waals surface area contributed by atoms with E-state index < -0.39 is 17.7 Å². The molecule has 0 aliphatic rings. The predicted molar refractivity (Wildman–Crippen MR) is 155 cm³/mol. The molecule has 208 valence electrons. The molecule has 0 bridgehead atoms. The van der Waals surface area contributed by atoms with Crippen LogP contribution in [0.3, 0.4) is 0 Å². The first-order valence-electron chi connectivity index (χ1n) is 13.1. The van der Waals surface area contributed by atoms with E-state index in [4.69, 9.17) is 9.84 Å². The molecule has 9 heteroatoms. The highest BCUT2D eigenvalue weighted by Gasteiger charge is 2.29. The van der Waals surface area contributed by atoms with Crippen molar-refractivity contribution in [3.05, 3.63) is 95.8 Å². The van der Waals surface area contributed by atoms with Crippen molar-refractivity contribution in [2.75, 3.05) is 13.7 Å². The van der Waals surface area contributed by atoms with E-state index in [0.717, 1.165) is 22.3 Å². The summed E-state index contributed by atoms with van der Waals surface area (Å²) in [6.07, 6.45) is 4.28. The number of rotatable bonds is 10. The molecular formula is C31H35N5O4. The zero-order chi connectivity index (χ0) is 28.7. The molecule has 2 N–H and O–H groups in total. The van der Waals surface area contributed by atoms with Gasteiger partial charge < -0.3 is 20.1 Å². The van der Waals surface area contributed by atoms with Gasteiger partial charge in [0, 0.05) is 29.7 Å². The molecule has 2 amide bonds. The molecule has 4 aromatic rings. The van der Waals surface area contributed by atoms with E-state index in [1.54, 1.807) is 24.1 Å². The largest absolute Gasteiger partial charge is 0.497 e. The van der Waals surface area contributed by atoms with Gasteiger partial charge in [-0.25, -0.2) is 14.5 Å². The lowest BCUT2D eigenvalue weighted by molar-refractivity contribution is -0.117. The predicted octanol–water partition coefficient (Wildman–Crippen LogP) is 5.01. The number of aromatic nitrogens is 3. The van der Waals surface area contributed by atoms with Crippen LogP contribution < -0.4 is 10.1 Å². The first-order chi connectivity index (χ1) is 19.1. The van der Waals surface area contributed by atoms with Crippen LogP contribution in [0.5, 0.6) is 5.75 Å². The molecule has 1 atom stereocenters. The molecule has 4 rings (SSSR count). The highest BCUT2D eigenvalue weighted by Crippen LogP contribution is 2.20. The van der Waals surface area contributed by atoms with Crippen LogP contribution in [-0.4, -0.2) is 62.0 Å². The molecule has 2 aromatic carbocycles. The summed E-state index contributed by atoms with van der Waals surface area (Å²) in [6, 6.07) is 20.8. The third-order valence-electron chi connectivity index (χ3n) is 6.53. The van der Waals surface area contributed by atoms with Crippen molar-refractivity contribution in [2.24, 2.45) is 0 Å². The summed E-state index contributed by atoms with van der Waals surface area (Å²) < 4.78 is 7.05. The summed E-state index contributed by atoms with van der Waals surface area (Å²) in [4.78, 5) is 30.9. The van der Waals surface area contributed by atoms with Crippen LogP contribution >= 0.6 is 0 Å². The third-order valence-corrected chi connectivity index (χ3v) is 6.53. The number of pyridine rings is 1. The number of amides is 2. The lowest BCUT2D eigenvalue weighted by atomic mass is 10.0. The Hall–Kier alpha value is -4.66. The molecule has 0 radical (unpaired) electrons. The van der Waals surface area contributed by atoms with Crippen molar-refractivity contribution in [3.8, 4) is 5.75 Å². The number of nitrogens with zero attached hydrogens (tertiary/aromatic N) is 4. The SMILES string of the molecule is COc1ccc(Cn2nc(C=CC(=O)N[C@@H](Cc3ccccc3)CN(C(=O)O)C(C)(C)C)c3cccnc32)cc1. The molecule has 2 aromatic heterocycles. The van der Waals surface area contributed by atoms with Crippen LogP contribution in [0.4, 0.5) is 4.79 Å². The first kappa shape index (κ1) is 28.4. The standard InChI is InChI=1S/C31H35N5O4/c1-31(2,3)35(30(38)39)21-24(19-22-9-6-5-7-10-22)33-28(37)17-16-27-26-11-8-18-32-29(26)36(34-27)20-23-12-14-25(40-4)15-13-23/h5-18,24H,19-21H2,1-4H3,(H,33,37)(H,38,39)/t24-/m0/s1. The summed E-state index contributed by atoms with van der Waals surface area (Å²) in [7, 11) is 1.63. The van der Waals surface area contributed by atoms with Crippen LogP contribution in [0.1, 0.15) is 37.6 Å². The van der Waals surface area contributed by atoms with E-state index in [0.29, 0.717) is 24.3 Å². The normalized spacial score (nSPS) is 12.4. The van der Waals surface area contributed by atoms with Gasteiger partial charge in [-0.1, -0.05) is 42.5 Å². The van der Waals surface area contributed by atoms with Gasteiger partial charge in [0.15, 0.2) is 5.65 Å². The molecule has 9 nitrogen and oxygen atoms in total. The fourth-order valence-corrected chi connectivity index (χ4v) is 4.49. The number of hydrogen-bond donors (Lipinski definition) is 2. The number of hydrogen-bond acceptors (Lipinski definition) is 5. The lowest BCUT2D eigenvalue weighted by Crippen LogP contribution is -2.53.